The summed E-state index contributed by atoms with van der Waals surface area (Å²) in [5, 5.41) is 10.6. The van der Waals surface area contributed by atoms with Crippen molar-refractivity contribution in [3.63, 3.8) is 0 Å². The number of carboxylic acids is 1. The fraction of sp³-hybridized carbons (Fsp3) is 0.500. The summed E-state index contributed by atoms with van der Waals surface area (Å²) in [5.74, 6) is -0.215. The molecule has 1 unspecified atom stereocenters. The van der Waals surface area contributed by atoms with Crippen molar-refractivity contribution in [3.8, 4) is 0 Å². The van der Waals surface area contributed by atoms with E-state index in [0.29, 0.717) is 5.92 Å². The minimum Gasteiger partial charge on any atom is -0.478 e. The van der Waals surface area contributed by atoms with E-state index < -0.39 is 5.97 Å². The van der Waals surface area contributed by atoms with Crippen LogP contribution in [-0.2, 0) is 11.3 Å². The highest BCUT2D eigenvalue weighted by Gasteiger charge is 2.08. The molecule has 0 spiro atoms. The van der Waals surface area contributed by atoms with Crippen molar-refractivity contribution in [2.75, 3.05) is 13.6 Å². The zero-order valence-electron chi connectivity index (χ0n) is 11.2. The minimum absolute atomic E-state index is 0.688. The van der Waals surface area contributed by atoms with Crippen molar-refractivity contribution in [1.29, 1.82) is 0 Å². The van der Waals surface area contributed by atoms with Gasteiger partial charge in [-0.2, -0.15) is 0 Å². The third-order valence-electron chi connectivity index (χ3n) is 2.92. The quantitative estimate of drug-likeness (QED) is 0.770. The molecule has 0 aliphatic carbocycles. The van der Waals surface area contributed by atoms with Crippen LogP contribution in [0.3, 0.4) is 0 Å². The summed E-state index contributed by atoms with van der Waals surface area (Å²) in [7, 11) is 2.11. The number of rotatable bonds is 7. The maximum absolute atomic E-state index is 10.5. The van der Waals surface area contributed by atoms with Gasteiger partial charge in [-0.3, -0.25) is 0 Å². The molecule has 1 N–H and O–H groups in total. The molecule has 0 saturated heterocycles. The monoisotopic (exact) mass is 267 g/mol. The molecular weight excluding hydrogens is 246 g/mol. The predicted molar refractivity (Wildman–Crippen MR) is 76.8 cm³/mol. The van der Waals surface area contributed by atoms with Gasteiger partial charge >= 0.3 is 5.97 Å². The second-order valence-corrected chi connectivity index (χ2v) is 5.68. The van der Waals surface area contributed by atoms with Crippen LogP contribution in [0, 0.1) is 5.92 Å². The molecule has 1 atom stereocenters. The van der Waals surface area contributed by atoms with E-state index in [-0.39, 0.29) is 0 Å². The lowest BCUT2D eigenvalue weighted by atomic mass is 10.1. The van der Waals surface area contributed by atoms with Gasteiger partial charge in [-0.15, -0.1) is 11.3 Å². The van der Waals surface area contributed by atoms with Crippen LogP contribution in [0.15, 0.2) is 17.5 Å². The van der Waals surface area contributed by atoms with Crippen LogP contribution < -0.4 is 0 Å². The number of carbonyl (C=O) groups is 1. The highest BCUT2D eigenvalue weighted by Crippen LogP contribution is 2.20. The predicted octanol–water partition coefficient (Wildman–Crippen LogP) is 3.32. The smallest absolute Gasteiger partial charge is 0.328 e. The summed E-state index contributed by atoms with van der Waals surface area (Å²) in [4.78, 5) is 14.0. The Morgan fingerprint density at radius 3 is 2.94 bits per heavy atom. The summed E-state index contributed by atoms with van der Waals surface area (Å²) in [6.45, 7) is 6.39. The normalized spacial score (nSPS) is 13.3. The number of hydrogen-bond acceptors (Lipinski definition) is 3. The van der Waals surface area contributed by atoms with Gasteiger partial charge in [-0.25, -0.2) is 4.79 Å². The Kier molecular flexibility index (Phi) is 6.09. The fourth-order valence-electron chi connectivity index (χ4n) is 1.76. The molecule has 1 heterocycles. The first-order valence-corrected chi connectivity index (χ1v) is 7.06. The van der Waals surface area contributed by atoms with Gasteiger partial charge in [0.25, 0.3) is 0 Å². The lowest BCUT2D eigenvalue weighted by Crippen LogP contribution is -2.23. The summed E-state index contributed by atoms with van der Waals surface area (Å²) >= 11 is 1.68. The SMILES string of the molecule is CCC(C)CN(C)Cc1sccc1C=CC(=O)O. The molecule has 0 bridgehead atoms. The Bertz CT molecular complexity index is 412. The number of aliphatic carboxylic acids is 1. The van der Waals surface area contributed by atoms with Crippen LogP contribution in [0.5, 0.6) is 0 Å². The van der Waals surface area contributed by atoms with Crippen molar-refractivity contribution in [1.82, 2.24) is 4.90 Å². The van der Waals surface area contributed by atoms with Gasteiger partial charge in [-0.1, -0.05) is 20.3 Å². The second-order valence-electron chi connectivity index (χ2n) is 4.68. The van der Waals surface area contributed by atoms with E-state index >= 15 is 0 Å². The topological polar surface area (TPSA) is 40.5 Å². The zero-order valence-corrected chi connectivity index (χ0v) is 12.0. The summed E-state index contributed by atoms with van der Waals surface area (Å²) < 4.78 is 0. The van der Waals surface area contributed by atoms with Crippen molar-refractivity contribution < 1.29 is 9.90 Å². The van der Waals surface area contributed by atoms with Crippen molar-refractivity contribution in [3.05, 3.63) is 28.0 Å². The summed E-state index contributed by atoms with van der Waals surface area (Å²) in [5.41, 5.74) is 1.01. The molecule has 0 radical (unpaired) electrons. The van der Waals surface area contributed by atoms with Crippen molar-refractivity contribution in [2.45, 2.75) is 26.8 Å². The maximum atomic E-state index is 10.5. The third-order valence-corrected chi connectivity index (χ3v) is 3.84. The standard InChI is InChI=1S/C14H21NO2S/c1-4-11(2)9-15(3)10-13-12(7-8-18-13)5-6-14(16)17/h5-8,11H,4,9-10H2,1-3H3,(H,16,17). The molecular formula is C14H21NO2S. The molecule has 0 aliphatic heterocycles. The highest BCUT2D eigenvalue weighted by molar-refractivity contribution is 7.10. The maximum Gasteiger partial charge on any atom is 0.328 e. The molecule has 0 aliphatic rings. The molecule has 0 amide bonds. The zero-order chi connectivity index (χ0) is 13.5. The van der Waals surface area contributed by atoms with Gasteiger partial charge in [0.2, 0.25) is 0 Å². The van der Waals surface area contributed by atoms with Gasteiger partial charge in [0.1, 0.15) is 0 Å². The molecule has 0 saturated carbocycles. The van der Waals surface area contributed by atoms with E-state index in [9.17, 15) is 4.79 Å². The van der Waals surface area contributed by atoms with E-state index in [2.05, 4.69) is 25.8 Å². The van der Waals surface area contributed by atoms with Crippen molar-refractivity contribution >= 4 is 23.4 Å². The molecule has 4 heteroatoms. The van der Waals surface area contributed by atoms with Gasteiger partial charge in [0.05, 0.1) is 0 Å². The van der Waals surface area contributed by atoms with Gasteiger partial charge < -0.3 is 10.0 Å². The van der Waals surface area contributed by atoms with E-state index in [1.54, 1.807) is 17.4 Å². The summed E-state index contributed by atoms with van der Waals surface area (Å²) in [6, 6.07) is 1.97. The number of nitrogens with zero attached hydrogens (tertiary/aromatic N) is 1. The van der Waals surface area contributed by atoms with Gasteiger partial charge in [-0.05, 0) is 36.1 Å². The van der Waals surface area contributed by atoms with E-state index in [1.165, 1.54) is 17.4 Å². The Morgan fingerprint density at radius 1 is 1.61 bits per heavy atom. The molecule has 3 nitrogen and oxygen atoms in total. The number of hydrogen-bond donors (Lipinski definition) is 1. The Hall–Kier alpha value is -1.13. The Morgan fingerprint density at radius 2 is 2.33 bits per heavy atom. The van der Waals surface area contributed by atoms with Crippen LogP contribution in [0.1, 0.15) is 30.7 Å². The highest BCUT2D eigenvalue weighted by atomic mass is 32.1. The molecule has 18 heavy (non-hydrogen) atoms. The number of thiophene rings is 1. The first kappa shape index (κ1) is 14.9. The van der Waals surface area contributed by atoms with E-state index in [4.69, 9.17) is 5.11 Å². The Balaban J connectivity index is 2.62. The molecule has 1 aromatic heterocycles. The molecule has 100 valence electrons. The largest absolute Gasteiger partial charge is 0.478 e. The first-order valence-electron chi connectivity index (χ1n) is 6.18. The molecule has 1 aromatic rings. The van der Waals surface area contributed by atoms with Gasteiger partial charge in [0, 0.05) is 24.0 Å². The fourth-order valence-corrected chi connectivity index (χ4v) is 2.71. The average Bonchev–Trinajstić information content (AvgIpc) is 2.73. The van der Waals surface area contributed by atoms with Gasteiger partial charge in [0.15, 0.2) is 0 Å². The lowest BCUT2D eigenvalue weighted by molar-refractivity contribution is -0.131. The number of carboxylic acid groups (broad SMARTS) is 1. The summed E-state index contributed by atoms with van der Waals surface area (Å²) in [6.07, 6.45) is 4.05. The van der Waals surface area contributed by atoms with Crippen LogP contribution >= 0.6 is 11.3 Å². The lowest BCUT2D eigenvalue weighted by Gasteiger charge is -2.20. The Labute approximate surface area is 113 Å². The van der Waals surface area contributed by atoms with E-state index in [0.717, 1.165) is 18.7 Å². The van der Waals surface area contributed by atoms with Crippen LogP contribution in [0.25, 0.3) is 6.08 Å². The van der Waals surface area contributed by atoms with Crippen LogP contribution in [-0.4, -0.2) is 29.6 Å². The third kappa shape index (κ3) is 5.02. The minimum atomic E-state index is -0.903. The van der Waals surface area contributed by atoms with Crippen molar-refractivity contribution in [2.24, 2.45) is 5.92 Å². The van der Waals surface area contributed by atoms with Crippen LogP contribution in [0.2, 0.25) is 0 Å². The first-order chi connectivity index (χ1) is 8.52. The molecule has 0 fully saturated rings. The average molecular weight is 267 g/mol. The van der Waals surface area contributed by atoms with E-state index in [1.807, 2.05) is 11.4 Å². The molecule has 0 aromatic carbocycles. The van der Waals surface area contributed by atoms with Crippen LogP contribution in [0.4, 0.5) is 0 Å². The second kappa shape index (κ2) is 7.34. The molecule has 1 rings (SSSR count).